The Bertz CT molecular complexity index is 827. The highest BCUT2D eigenvalue weighted by Crippen LogP contribution is 2.23. The van der Waals surface area contributed by atoms with Gasteiger partial charge < -0.3 is 9.26 Å². The molecule has 0 N–H and O–H groups in total. The molecule has 0 spiro atoms. The van der Waals surface area contributed by atoms with Crippen molar-refractivity contribution in [2.45, 2.75) is 6.42 Å². The molecular formula is C16H13N3O4. The summed E-state index contributed by atoms with van der Waals surface area (Å²) in [5.74, 6) is 1.49. The Labute approximate surface area is 131 Å². The fourth-order valence-electron chi connectivity index (χ4n) is 2.19. The number of benzene rings is 2. The van der Waals surface area contributed by atoms with E-state index in [0.29, 0.717) is 17.3 Å². The molecule has 1 heterocycles. The second kappa shape index (κ2) is 6.27. The van der Waals surface area contributed by atoms with E-state index < -0.39 is 4.92 Å². The van der Waals surface area contributed by atoms with Crippen molar-refractivity contribution in [2.75, 3.05) is 7.11 Å². The van der Waals surface area contributed by atoms with Crippen LogP contribution in [0.2, 0.25) is 0 Å². The predicted octanol–water partition coefficient (Wildman–Crippen LogP) is 3.24. The zero-order chi connectivity index (χ0) is 16.2. The van der Waals surface area contributed by atoms with Gasteiger partial charge in [0.25, 0.3) is 5.69 Å². The first kappa shape index (κ1) is 14.7. The van der Waals surface area contributed by atoms with Crippen molar-refractivity contribution in [1.29, 1.82) is 0 Å². The average Bonchev–Trinajstić information content (AvgIpc) is 3.04. The number of methoxy groups -OCH3 is 1. The van der Waals surface area contributed by atoms with Gasteiger partial charge in [0, 0.05) is 17.2 Å². The Hall–Kier alpha value is -3.22. The first-order valence-corrected chi connectivity index (χ1v) is 6.86. The van der Waals surface area contributed by atoms with Crippen molar-refractivity contribution in [1.82, 2.24) is 10.1 Å². The van der Waals surface area contributed by atoms with Gasteiger partial charge >= 0.3 is 0 Å². The van der Waals surface area contributed by atoms with Crippen LogP contribution in [-0.2, 0) is 6.42 Å². The summed E-state index contributed by atoms with van der Waals surface area (Å²) >= 11 is 0. The number of nitro benzene ring substituents is 1. The normalized spacial score (nSPS) is 10.5. The van der Waals surface area contributed by atoms with Crippen LogP contribution in [-0.4, -0.2) is 22.2 Å². The van der Waals surface area contributed by atoms with Gasteiger partial charge in [0.1, 0.15) is 5.75 Å². The van der Waals surface area contributed by atoms with Gasteiger partial charge in [0.2, 0.25) is 11.7 Å². The largest absolute Gasteiger partial charge is 0.497 e. The smallest absolute Gasteiger partial charge is 0.273 e. The molecule has 0 fully saturated rings. The van der Waals surface area contributed by atoms with Gasteiger partial charge in [-0.15, -0.1) is 0 Å². The van der Waals surface area contributed by atoms with Crippen molar-refractivity contribution in [3.63, 3.8) is 0 Å². The molecule has 0 saturated heterocycles. The molecule has 23 heavy (non-hydrogen) atoms. The lowest BCUT2D eigenvalue weighted by Gasteiger charge is -1.99. The monoisotopic (exact) mass is 311 g/mol. The van der Waals surface area contributed by atoms with E-state index in [0.717, 1.165) is 11.3 Å². The quantitative estimate of drug-likeness (QED) is 0.530. The molecule has 2 aromatic carbocycles. The van der Waals surface area contributed by atoms with Crippen LogP contribution in [0.1, 0.15) is 11.5 Å². The van der Waals surface area contributed by atoms with Crippen LogP contribution < -0.4 is 4.74 Å². The maximum absolute atomic E-state index is 11.0. The topological polar surface area (TPSA) is 91.3 Å². The van der Waals surface area contributed by atoms with Crippen molar-refractivity contribution in [3.05, 3.63) is 70.1 Å². The van der Waals surface area contributed by atoms with Crippen LogP contribution in [0.5, 0.6) is 5.75 Å². The molecule has 0 aliphatic carbocycles. The molecule has 1 aromatic heterocycles. The lowest BCUT2D eigenvalue weighted by molar-refractivity contribution is -0.385. The summed E-state index contributed by atoms with van der Waals surface area (Å²) in [7, 11) is 1.59. The first-order chi connectivity index (χ1) is 11.2. The van der Waals surface area contributed by atoms with Crippen LogP contribution in [0, 0.1) is 10.1 Å². The highest BCUT2D eigenvalue weighted by Gasteiger charge is 2.16. The zero-order valence-corrected chi connectivity index (χ0v) is 12.3. The summed E-state index contributed by atoms with van der Waals surface area (Å²) in [5, 5.41) is 14.9. The van der Waals surface area contributed by atoms with Gasteiger partial charge in [-0.25, -0.2) is 0 Å². The van der Waals surface area contributed by atoms with Gasteiger partial charge in [-0.3, -0.25) is 10.1 Å². The average molecular weight is 311 g/mol. The molecule has 0 atom stereocenters. The van der Waals surface area contributed by atoms with E-state index in [1.165, 1.54) is 6.07 Å². The minimum Gasteiger partial charge on any atom is -0.497 e. The fourth-order valence-corrected chi connectivity index (χ4v) is 2.19. The molecule has 0 aliphatic heterocycles. The summed E-state index contributed by atoms with van der Waals surface area (Å²) in [4.78, 5) is 14.9. The third-order valence-electron chi connectivity index (χ3n) is 3.35. The number of hydrogen-bond donors (Lipinski definition) is 0. The minimum absolute atomic E-state index is 0.0386. The van der Waals surface area contributed by atoms with Crippen molar-refractivity contribution in [2.24, 2.45) is 0 Å². The highest BCUT2D eigenvalue weighted by molar-refractivity contribution is 5.55. The van der Waals surface area contributed by atoms with E-state index in [4.69, 9.17) is 9.26 Å². The molecule has 0 aliphatic rings. The molecule has 116 valence electrons. The van der Waals surface area contributed by atoms with Crippen LogP contribution in [0.4, 0.5) is 5.69 Å². The van der Waals surface area contributed by atoms with E-state index in [9.17, 15) is 10.1 Å². The summed E-state index contributed by atoms with van der Waals surface area (Å²) in [6.45, 7) is 0. The molecule has 3 aromatic rings. The van der Waals surface area contributed by atoms with Gasteiger partial charge in [0.15, 0.2) is 0 Å². The third-order valence-corrected chi connectivity index (χ3v) is 3.35. The Morgan fingerprint density at radius 2 is 1.91 bits per heavy atom. The third kappa shape index (κ3) is 3.18. The number of rotatable bonds is 5. The SMILES string of the molecule is COc1ccc(-c2noc(Cc3ccccc3[N+](=O)[O-])n2)cc1. The molecule has 0 radical (unpaired) electrons. The lowest BCUT2D eigenvalue weighted by atomic mass is 10.1. The zero-order valence-electron chi connectivity index (χ0n) is 12.3. The number of hydrogen-bond acceptors (Lipinski definition) is 6. The van der Waals surface area contributed by atoms with Crippen LogP contribution in [0.25, 0.3) is 11.4 Å². The fraction of sp³-hybridized carbons (Fsp3) is 0.125. The lowest BCUT2D eigenvalue weighted by Crippen LogP contribution is -1.96. The molecule has 0 amide bonds. The number of aromatic nitrogens is 2. The summed E-state index contributed by atoms with van der Waals surface area (Å²) in [5.41, 5.74) is 1.35. The highest BCUT2D eigenvalue weighted by atomic mass is 16.6. The van der Waals surface area contributed by atoms with Crippen LogP contribution >= 0.6 is 0 Å². The van der Waals surface area contributed by atoms with Gasteiger partial charge in [0.05, 0.1) is 18.5 Å². The molecule has 7 nitrogen and oxygen atoms in total. The van der Waals surface area contributed by atoms with Crippen LogP contribution in [0.15, 0.2) is 53.1 Å². The molecule has 7 heteroatoms. The first-order valence-electron chi connectivity index (χ1n) is 6.86. The number of nitrogens with zero attached hydrogens (tertiary/aromatic N) is 3. The van der Waals surface area contributed by atoms with Crippen molar-refractivity contribution < 1.29 is 14.2 Å². The maximum Gasteiger partial charge on any atom is 0.273 e. The van der Waals surface area contributed by atoms with Gasteiger partial charge in [-0.2, -0.15) is 4.98 Å². The van der Waals surface area contributed by atoms with Crippen molar-refractivity contribution >= 4 is 5.69 Å². The molecular weight excluding hydrogens is 298 g/mol. The second-order valence-electron chi connectivity index (χ2n) is 4.80. The number of ether oxygens (including phenoxy) is 1. The van der Waals surface area contributed by atoms with E-state index in [1.807, 2.05) is 12.1 Å². The Kier molecular flexibility index (Phi) is 4.01. The summed E-state index contributed by atoms with van der Waals surface area (Å²) in [6.07, 6.45) is 0.209. The standard InChI is InChI=1S/C16H13N3O4/c1-22-13-8-6-11(7-9-13)16-17-15(23-18-16)10-12-4-2-3-5-14(12)19(20)21/h2-9H,10H2,1H3. The Morgan fingerprint density at radius 3 is 2.61 bits per heavy atom. The van der Waals surface area contributed by atoms with E-state index in [1.54, 1.807) is 37.4 Å². The summed E-state index contributed by atoms with van der Waals surface area (Å²) in [6, 6.07) is 13.7. The Balaban J connectivity index is 1.83. The molecule has 0 unspecified atom stereocenters. The molecule has 0 bridgehead atoms. The van der Waals surface area contributed by atoms with E-state index in [-0.39, 0.29) is 12.1 Å². The Morgan fingerprint density at radius 1 is 1.17 bits per heavy atom. The number of para-hydroxylation sites is 1. The van der Waals surface area contributed by atoms with Crippen LogP contribution in [0.3, 0.4) is 0 Å². The summed E-state index contributed by atoms with van der Waals surface area (Å²) < 4.78 is 10.3. The molecule has 3 rings (SSSR count). The van der Waals surface area contributed by atoms with Gasteiger partial charge in [-0.05, 0) is 24.3 Å². The molecule has 0 saturated carbocycles. The second-order valence-corrected chi connectivity index (χ2v) is 4.80. The predicted molar refractivity (Wildman–Crippen MR) is 82.2 cm³/mol. The maximum atomic E-state index is 11.0. The van der Waals surface area contributed by atoms with Crippen molar-refractivity contribution in [3.8, 4) is 17.1 Å². The van der Waals surface area contributed by atoms with E-state index in [2.05, 4.69) is 10.1 Å². The number of nitro groups is 1. The van der Waals surface area contributed by atoms with E-state index >= 15 is 0 Å². The van der Waals surface area contributed by atoms with Gasteiger partial charge in [-0.1, -0.05) is 23.4 Å². The minimum atomic E-state index is -0.421.